The van der Waals surface area contributed by atoms with Crippen molar-refractivity contribution >= 4 is 40.9 Å². The summed E-state index contributed by atoms with van der Waals surface area (Å²) in [7, 11) is 0. The zero-order valence-corrected chi connectivity index (χ0v) is 14.9. The number of anilines is 1. The number of esters is 1. The number of benzene rings is 1. The van der Waals surface area contributed by atoms with Gasteiger partial charge in [-0.3, -0.25) is 4.79 Å². The van der Waals surface area contributed by atoms with Crippen LogP contribution < -0.4 is 5.32 Å². The Kier molecular flexibility index (Phi) is 6.43. The number of thioether (sulfide) groups is 1. The highest BCUT2D eigenvalue weighted by molar-refractivity contribution is 7.98. The molecule has 0 aliphatic carbocycles. The Bertz CT molecular complexity index is 870. The van der Waals surface area contributed by atoms with Crippen molar-refractivity contribution in [3.05, 3.63) is 46.5 Å². The molecule has 2 rings (SSSR count). The lowest BCUT2D eigenvalue weighted by Gasteiger charge is -2.14. The molecule has 1 atom stereocenters. The Balaban J connectivity index is 2.10. The standard InChI is InChI=1S/C15H11ClF3N3O3S/c1-6(13(23)21-9-4-3-8(17)10(18)11(9)19)25-14(24)12-7(16)5-20-15(22-12)26-2/h3-6H,1-2H3,(H,21,23). The molecule has 0 aliphatic heterocycles. The quantitative estimate of drug-likeness (QED) is 0.355. The number of ether oxygens (including phenoxy) is 1. The van der Waals surface area contributed by atoms with E-state index in [0.29, 0.717) is 6.07 Å². The zero-order valence-electron chi connectivity index (χ0n) is 13.3. The zero-order chi connectivity index (χ0) is 19.4. The second-order valence-electron chi connectivity index (χ2n) is 4.81. The van der Waals surface area contributed by atoms with Crippen LogP contribution >= 0.6 is 23.4 Å². The van der Waals surface area contributed by atoms with Crippen molar-refractivity contribution in [2.75, 3.05) is 11.6 Å². The number of nitrogens with one attached hydrogen (secondary N) is 1. The van der Waals surface area contributed by atoms with E-state index in [2.05, 4.69) is 9.97 Å². The molecule has 1 N–H and O–H groups in total. The second-order valence-corrected chi connectivity index (χ2v) is 5.99. The summed E-state index contributed by atoms with van der Waals surface area (Å²) in [4.78, 5) is 31.8. The first-order chi connectivity index (χ1) is 12.2. The molecule has 0 bridgehead atoms. The summed E-state index contributed by atoms with van der Waals surface area (Å²) in [6.07, 6.45) is 1.50. The van der Waals surface area contributed by atoms with Crippen LogP contribution in [0.3, 0.4) is 0 Å². The Labute approximate surface area is 155 Å². The lowest BCUT2D eigenvalue weighted by atomic mass is 10.2. The molecular formula is C15H11ClF3N3O3S. The van der Waals surface area contributed by atoms with Crippen LogP contribution in [0.25, 0.3) is 0 Å². The topological polar surface area (TPSA) is 81.2 Å². The fraction of sp³-hybridized carbons (Fsp3) is 0.200. The Morgan fingerprint density at radius 1 is 1.27 bits per heavy atom. The Morgan fingerprint density at radius 3 is 2.62 bits per heavy atom. The van der Waals surface area contributed by atoms with Gasteiger partial charge in [-0.05, 0) is 25.3 Å². The number of carbonyl (C=O) groups excluding carboxylic acids is 2. The molecule has 6 nitrogen and oxygen atoms in total. The molecule has 1 amide bonds. The number of halogens is 4. The first kappa shape index (κ1) is 20.0. The van der Waals surface area contributed by atoms with E-state index < -0.39 is 41.1 Å². The van der Waals surface area contributed by atoms with Crippen molar-refractivity contribution in [3.8, 4) is 0 Å². The average Bonchev–Trinajstić information content (AvgIpc) is 2.62. The lowest BCUT2D eigenvalue weighted by molar-refractivity contribution is -0.123. The molecule has 0 spiro atoms. The summed E-state index contributed by atoms with van der Waals surface area (Å²) in [6.45, 7) is 1.20. The molecule has 1 heterocycles. The predicted molar refractivity (Wildman–Crippen MR) is 88.6 cm³/mol. The minimum Gasteiger partial charge on any atom is -0.448 e. The van der Waals surface area contributed by atoms with Crippen LogP contribution in [0.5, 0.6) is 0 Å². The molecule has 26 heavy (non-hydrogen) atoms. The summed E-state index contributed by atoms with van der Waals surface area (Å²) in [5, 5.41) is 2.19. The van der Waals surface area contributed by atoms with Crippen molar-refractivity contribution in [2.24, 2.45) is 0 Å². The SMILES string of the molecule is CSc1ncc(Cl)c(C(=O)OC(C)C(=O)Nc2ccc(F)c(F)c2F)n1. The molecule has 1 unspecified atom stereocenters. The molecule has 0 saturated heterocycles. The summed E-state index contributed by atoms with van der Waals surface area (Å²) in [5.41, 5.74) is -0.841. The number of nitrogens with zero attached hydrogens (tertiary/aromatic N) is 2. The van der Waals surface area contributed by atoms with Crippen molar-refractivity contribution < 1.29 is 27.5 Å². The maximum atomic E-state index is 13.6. The van der Waals surface area contributed by atoms with E-state index in [0.717, 1.165) is 17.8 Å². The molecule has 0 aliphatic rings. The number of aromatic nitrogens is 2. The third-order valence-corrected chi connectivity index (χ3v) is 3.88. The van der Waals surface area contributed by atoms with Gasteiger partial charge in [-0.2, -0.15) is 0 Å². The third-order valence-electron chi connectivity index (χ3n) is 3.04. The van der Waals surface area contributed by atoms with E-state index in [9.17, 15) is 22.8 Å². The second kappa shape index (κ2) is 8.37. The number of hydrogen-bond acceptors (Lipinski definition) is 6. The summed E-state index contributed by atoms with van der Waals surface area (Å²) in [6, 6.07) is 1.49. The molecular weight excluding hydrogens is 395 g/mol. The maximum absolute atomic E-state index is 13.6. The van der Waals surface area contributed by atoms with E-state index >= 15 is 0 Å². The van der Waals surface area contributed by atoms with Crippen LogP contribution in [-0.4, -0.2) is 34.2 Å². The van der Waals surface area contributed by atoms with Crippen LogP contribution in [0.2, 0.25) is 5.02 Å². The van der Waals surface area contributed by atoms with E-state index in [1.165, 1.54) is 13.1 Å². The average molecular weight is 406 g/mol. The van der Waals surface area contributed by atoms with Gasteiger partial charge in [-0.15, -0.1) is 0 Å². The van der Waals surface area contributed by atoms with Crippen LogP contribution in [0.4, 0.5) is 18.9 Å². The van der Waals surface area contributed by atoms with Gasteiger partial charge in [0.25, 0.3) is 5.91 Å². The van der Waals surface area contributed by atoms with Crippen LogP contribution in [0.1, 0.15) is 17.4 Å². The van der Waals surface area contributed by atoms with Gasteiger partial charge in [0, 0.05) is 0 Å². The van der Waals surface area contributed by atoms with Gasteiger partial charge in [-0.1, -0.05) is 23.4 Å². The normalized spacial score (nSPS) is 11.8. The third kappa shape index (κ3) is 4.44. The Hall–Kier alpha value is -2.33. The van der Waals surface area contributed by atoms with Crippen molar-refractivity contribution in [3.63, 3.8) is 0 Å². The number of hydrogen-bond donors (Lipinski definition) is 1. The van der Waals surface area contributed by atoms with E-state index in [1.807, 2.05) is 5.32 Å². The van der Waals surface area contributed by atoms with Crippen molar-refractivity contribution in [1.29, 1.82) is 0 Å². The van der Waals surface area contributed by atoms with Gasteiger partial charge < -0.3 is 10.1 Å². The smallest absolute Gasteiger partial charge is 0.359 e. The molecule has 1 aromatic carbocycles. The van der Waals surface area contributed by atoms with Gasteiger partial charge in [-0.25, -0.2) is 27.9 Å². The van der Waals surface area contributed by atoms with Crippen molar-refractivity contribution in [2.45, 2.75) is 18.2 Å². The van der Waals surface area contributed by atoms with E-state index in [4.69, 9.17) is 16.3 Å². The van der Waals surface area contributed by atoms with Gasteiger partial charge in [0.15, 0.2) is 34.4 Å². The van der Waals surface area contributed by atoms with Crippen LogP contribution in [-0.2, 0) is 9.53 Å². The van der Waals surface area contributed by atoms with Gasteiger partial charge in [0.05, 0.1) is 16.9 Å². The van der Waals surface area contributed by atoms with Crippen LogP contribution in [0, 0.1) is 17.5 Å². The monoisotopic (exact) mass is 405 g/mol. The first-order valence-electron chi connectivity index (χ1n) is 6.96. The fourth-order valence-electron chi connectivity index (χ4n) is 1.72. The fourth-order valence-corrected chi connectivity index (χ4v) is 2.23. The van der Waals surface area contributed by atoms with Gasteiger partial charge in [0.1, 0.15) is 0 Å². The van der Waals surface area contributed by atoms with E-state index in [-0.39, 0.29) is 15.9 Å². The molecule has 138 valence electrons. The van der Waals surface area contributed by atoms with Crippen LogP contribution in [0.15, 0.2) is 23.5 Å². The molecule has 0 saturated carbocycles. The lowest BCUT2D eigenvalue weighted by Crippen LogP contribution is -2.30. The number of amides is 1. The minimum absolute atomic E-state index is 0.0768. The Morgan fingerprint density at radius 2 is 1.96 bits per heavy atom. The summed E-state index contributed by atoms with van der Waals surface area (Å²) in [5.74, 6) is -6.66. The largest absolute Gasteiger partial charge is 0.448 e. The van der Waals surface area contributed by atoms with Gasteiger partial charge in [0.2, 0.25) is 0 Å². The van der Waals surface area contributed by atoms with E-state index in [1.54, 1.807) is 6.26 Å². The summed E-state index contributed by atoms with van der Waals surface area (Å²) < 4.78 is 44.6. The molecule has 1 aromatic heterocycles. The maximum Gasteiger partial charge on any atom is 0.359 e. The molecule has 2 aromatic rings. The minimum atomic E-state index is -1.73. The number of carbonyl (C=O) groups is 2. The molecule has 11 heteroatoms. The highest BCUT2D eigenvalue weighted by Crippen LogP contribution is 2.21. The van der Waals surface area contributed by atoms with Gasteiger partial charge >= 0.3 is 5.97 Å². The highest BCUT2D eigenvalue weighted by atomic mass is 35.5. The molecule has 0 radical (unpaired) electrons. The summed E-state index contributed by atoms with van der Waals surface area (Å²) >= 11 is 7.00. The first-order valence-corrected chi connectivity index (χ1v) is 8.56. The number of rotatable bonds is 5. The highest BCUT2D eigenvalue weighted by Gasteiger charge is 2.24. The molecule has 0 fully saturated rings. The van der Waals surface area contributed by atoms with Crippen molar-refractivity contribution in [1.82, 2.24) is 9.97 Å². The predicted octanol–water partition coefficient (Wildman–Crippen LogP) is 3.45.